The third kappa shape index (κ3) is 3.07. The van der Waals surface area contributed by atoms with Gasteiger partial charge in [-0.05, 0) is 36.8 Å². The van der Waals surface area contributed by atoms with E-state index >= 15 is 0 Å². The van der Waals surface area contributed by atoms with Crippen LogP contribution in [0, 0.1) is 17.0 Å². The number of aryl methyl sites for hydroxylation is 1. The molecule has 0 saturated carbocycles. The maximum atomic E-state index is 10.7. The van der Waals surface area contributed by atoms with Crippen molar-refractivity contribution in [3.8, 4) is 11.5 Å². The third-order valence-electron chi connectivity index (χ3n) is 2.78. The topological polar surface area (TPSA) is 72.6 Å². The summed E-state index contributed by atoms with van der Waals surface area (Å²) in [7, 11) is 0. The highest BCUT2D eigenvalue weighted by Gasteiger charge is 2.12. The number of hydrogen-bond donors (Lipinski definition) is 1. The first-order valence-electron chi connectivity index (χ1n) is 5.83. The zero-order valence-electron chi connectivity index (χ0n) is 10.7. The molecule has 0 aliphatic carbocycles. The lowest BCUT2D eigenvalue weighted by Gasteiger charge is -2.11. The van der Waals surface area contributed by atoms with Gasteiger partial charge in [0.05, 0.1) is 11.5 Å². The Morgan fingerprint density at radius 3 is 2.55 bits per heavy atom. The Bertz CT molecular complexity index is 658. The summed E-state index contributed by atoms with van der Waals surface area (Å²) in [6.45, 7) is 1.49. The van der Waals surface area contributed by atoms with Crippen molar-refractivity contribution in [2.24, 2.45) is 0 Å². The van der Waals surface area contributed by atoms with Gasteiger partial charge in [0.1, 0.15) is 11.5 Å². The molecule has 0 unspecified atom stereocenters. The lowest BCUT2D eigenvalue weighted by molar-refractivity contribution is -0.385. The molecule has 0 bridgehead atoms. The van der Waals surface area contributed by atoms with Crippen LogP contribution in [0.1, 0.15) is 11.1 Å². The number of rotatable bonds is 4. The molecule has 0 atom stereocenters. The van der Waals surface area contributed by atoms with E-state index in [0.29, 0.717) is 22.1 Å². The zero-order valence-corrected chi connectivity index (χ0v) is 11.4. The first kappa shape index (κ1) is 14.3. The zero-order chi connectivity index (χ0) is 14.7. The highest BCUT2D eigenvalue weighted by atomic mass is 35.5. The predicted molar refractivity (Wildman–Crippen MR) is 75.3 cm³/mol. The number of aliphatic hydroxyl groups excluding tert-OH is 1. The van der Waals surface area contributed by atoms with E-state index in [1.165, 1.54) is 18.2 Å². The molecular formula is C14H12ClNO4. The highest BCUT2D eigenvalue weighted by Crippen LogP contribution is 2.31. The number of benzene rings is 2. The number of aliphatic hydroxyl groups is 1. The third-order valence-corrected chi connectivity index (χ3v) is 3.02. The molecule has 1 N–H and O–H groups in total. The number of nitrogens with zero attached hydrogens (tertiary/aromatic N) is 1. The van der Waals surface area contributed by atoms with Gasteiger partial charge in [0.15, 0.2) is 0 Å². The van der Waals surface area contributed by atoms with Gasteiger partial charge in [-0.25, -0.2) is 0 Å². The van der Waals surface area contributed by atoms with Gasteiger partial charge in [-0.1, -0.05) is 11.6 Å². The summed E-state index contributed by atoms with van der Waals surface area (Å²) in [5.41, 5.74) is 1.10. The van der Waals surface area contributed by atoms with Crippen LogP contribution in [0.5, 0.6) is 11.5 Å². The summed E-state index contributed by atoms with van der Waals surface area (Å²) in [6, 6.07) is 9.24. The van der Waals surface area contributed by atoms with Crippen LogP contribution in [0.4, 0.5) is 5.69 Å². The van der Waals surface area contributed by atoms with E-state index in [9.17, 15) is 15.2 Å². The fraction of sp³-hybridized carbons (Fsp3) is 0.143. The average Bonchev–Trinajstić information content (AvgIpc) is 2.42. The second kappa shape index (κ2) is 5.90. The summed E-state index contributed by atoms with van der Waals surface area (Å²) in [4.78, 5) is 10.2. The molecule has 20 heavy (non-hydrogen) atoms. The van der Waals surface area contributed by atoms with Crippen LogP contribution in [0.3, 0.4) is 0 Å². The Balaban J connectivity index is 2.35. The van der Waals surface area contributed by atoms with Crippen LogP contribution >= 0.6 is 11.6 Å². The van der Waals surface area contributed by atoms with Crippen LogP contribution in [-0.2, 0) is 6.61 Å². The largest absolute Gasteiger partial charge is 0.457 e. The average molecular weight is 294 g/mol. The van der Waals surface area contributed by atoms with Gasteiger partial charge < -0.3 is 9.84 Å². The predicted octanol–water partition coefficient (Wildman–Crippen LogP) is 3.84. The van der Waals surface area contributed by atoms with Gasteiger partial charge in [-0.3, -0.25) is 10.1 Å². The van der Waals surface area contributed by atoms with Crippen molar-refractivity contribution < 1.29 is 14.8 Å². The minimum Gasteiger partial charge on any atom is -0.457 e. The Hall–Kier alpha value is -2.11. The summed E-state index contributed by atoms with van der Waals surface area (Å²) < 4.78 is 5.68. The van der Waals surface area contributed by atoms with Crippen molar-refractivity contribution >= 4 is 17.3 Å². The number of non-ortho nitro benzene ring substituents is 1. The van der Waals surface area contributed by atoms with Gasteiger partial charge in [-0.2, -0.15) is 0 Å². The molecule has 0 aromatic heterocycles. The maximum Gasteiger partial charge on any atom is 0.270 e. The number of nitro groups is 1. The van der Waals surface area contributed by atoms with Crippen molar-refractivity contribution in [2.75, 3.05) is 0 Å². The van der Waals surface area contributed by atoms with Crippen molar-refractivity contribution in [3.05, 3.63) is 62.7 Å². The van der Waals surface area contributed by atoms with E-state index in [2.05, 4.69) is 0 Å². The van der Waals surface area contributed by atoms with Crippen LogP contribution in [0.2, 0.25) is 5.02 Å². The first-order valence-corrected chi connectivity index (χ1v) is 6.21. The number of nitro benzene ring substituents is 1. The minimum atomic E-state index is -0.517. The smallest absolute Gasteiger partial charge is 0.270 e. The van der Waals surface area contributed by atoms with Crippen LogP contribution < -0.4 is 4.74 Å². The number of hydrogen-bond acceptors (Lipinski definition) is 4. The molecule has 0 fully saturated rings. The molecule has 0 radical (unpaired) electrons. The van der Waals surface area contributed by atoms with Crippen molar-refractivity contribution in [3.63, 3.8) is 0 Å². The second-order valence-corrected chi connectivity index (χ2v) is 4.66. The SMILES string of the molecule is Cc1cc(Cl)ccc1Oc1ccc([N+](=O)[O-])cc1CO. The van der Waals surface area contributed by atoms with Gasteiger partial charge >= 0.3 is 0 Å². The molecular weight excluding hydrogens is 282 g/mol. The second-order valence-electron chi connectivity index (χ2n) is 4.22. The molecule has 0 heterocycles. The summed E-state index contributed by atoms with van der Waals surface area (Å²) in [6.07, 6.45) is 0. The van der Waals surface area contributed by atoms with Crippen molar-refractivity contribution in [1.29, 1.82) is 0 Å². The highest BCUT2D eigenvalue weighted by molar-refractivity contribution is 6.30. The van der Waals surface area contributed by atoms with Crippen molar-refractivity contribution in [1.82, 2.24) is 0 Å². The lowest BCUT2D eigenvalue weighted by atomic mass is 10.2. The fourth-order valence-electron chi connectivity index (χ4n) is 1.75. The molecule has 2 aromatic carbocycles. The van der Waals surface area contributed by atoms with Gasteiger partial charge in [0.2, 0.25) is 0 Å². The molecule has 2 rings (SSSR count). The maximum absolute atomic E-state index is 10.7. The van der Waals surface area contributed by atoms with E-state index in [1.807, 2.05) is 6.92 Å². The summed E-state index contributed by atoms with van der Waals surface area (Å²) in [5.74, 6) is 0.960. The molecule has 0 spiro atoms. The molecule has 104 valence electrons. The number of ether oxygens (including phenoxy) is 1. The quantitative estimate of drug-likeness (QED) is 0.686. The van der Waals surface area contributed by atoms with E-state index in [-0.39, 0.29) is 12.3 Å². The normalized spacial score (nSPS) is 10.3. The van der Waals surface area contributed by atoms with Gasteiger partial charge in [-0.15, -0.1) is 0 Å². The minimum absolute atomic E-state index is 0.0887. The fourth-order valence-corrected chi connectivity index (χ4v) is 1.98. The van der Waals surface area contributed by atoms with Crippen molar-refractivity contribution in [2.45, 2.75) is 13.5 Å². The van der Waals surface area contributed by atoms with Crippen LogP contribution in [-0.4, -0.2) is 10.0 Å². The Morgan fingerprint density at radius 2 is 1.95 bits per heavy atom. The van der Waals surface area contributed by atoms with E-state index in [1.54, 1.807) is 18.2 Å². The molecule has 5 nitrogen and oxygen atoms in total. The molecule has 0 aliphatic rings. The molecule has 0 aliphatic heterocycles. The summed E-state index contributed by atoms with van der Waals surface area (Å²) >= 11 is 5.86. The van der Waals surface area contributed by atoms with E-state index < -0.39 is 4.92 Å². The van der Waals surface area contributed by atoms with E-state index in [0.717, 1.165) is 5.56 Å². The Kier molecular flexibility index (Phi) is 4.22. The monoisotopic (exact) mass is 293 g/mol. The van der Waals surface area contributed by atoms with Gasteiger partial charge in [0, 0.05) is 22.7 Å². The molecule has 0 amide bonds. The molecule has 6 heteroatoms. The Morgan fingerprint density at radius 1 is 1.25 bits per heavy atom. The lowest BCUT2D eigenvalue weighted by Crippen LogP contribution is -1.96. The van der Waals surface area contributed by atoms with Crippen LogP contribution in [0.15, 0.2) is 36.4 Å². The summed E-state index contributed by atoms with van der Waals surface area (Å²) in [5, 5.41) is 20.6. The molecule has 2 aromatic rings. The standard InChI is InChI=1S/C14H12ClNO4/c1-9-6-11(15)2-4-13(9)20-14-5-3-12(16(18)19)7-10(14)8-17/h2-7,17H,8H2,1H3. The van der Waals surface area contributed by atoms with Crippen LogP contribution in [0.25, 0.3) is 0 Å². The van der Waals surface area contributed by atoms with E-state index in [4.69, 9.17) is 16.3 Å². The Labute approximate surface area is 120 Å². The first-order chi connectivity index (χ1) is 9.51. The molecule has 0 saturated heterocycles. The number of halogens is 1. The van der Waals surface area contributed by atoms with Gasteiger partial charge in [0.25, 0.3) is 5.69 Å².